The molecule has 0 aliphatic heterocycles. The van der Waals surface area contributed by atoms with E-state index in [0.29, 0.717) is 12.8 Å². The van der Waals surface area contributed by atoms with Crippen LogP contribution in [0.5, 0.6) is 0 Å². The standard InChI is InChI=1S/C16H27ClN4OSi/c1-6-12(2)18-14-13-7-8-21(15(13)20-16(17)19-14)11-22-9-10-23(3,4)5/h7-8,12H,6,9-11H2,1-5H3,(H,18,19,20)/t12-/m0/s1. The third kappa shape index (κ3) is 5.19. The first-order valence-electron chi connectivity index (χ1n) is 8.17. The number of nitrogens with zero attached hydrogens (tertiary/aromatic N) is 3. The Morgan fingerprint density at radius 1 is 1.35 bits per heavy atom. The van der Waals surface area contributed by atoms with E-state index in [-0.39, 0.29) is 5.28 Å². The van der Waals surface area contributed by atoms with Crippen LogP contribution in [0.25, 0.3) is 11.0 Å². The number of aromatic nitrogens is 3. The number of ether oxygens (including phenoxy) is 1. The van der Waals surface area contributed by atoms with E-state index in [1.807, 2.05) is 16.8 Å². The minimum atomic E-state index is -1.06. The lowest BCUT2D eigenvalue weighted by Gasteiger charge is -2.16. The van der Waals surface area contributed by atoms with Crippen LogP contribution in [0, 0.1) is 0 Å². The molecule has 0 aliphatic carbocycles. The topological polar surface area (TPSA) is 52.0 Å². The predicted octanol–water partition coefficient (Wildman–Crippen LogP) is 4.61. The van der Waals surface area contributed by atoms with E-state index in [4.69, 9.17) is 16.3 Å². The minimum Gasteiger partial charge on any atom is -0.367 e. The van der Waals surface area contributed by atoms with E-state index < -0.39 is 8.07 Å². The van der Waals surface area contributed by atoms with Crippen molar-refractivity contribution in [1.29, 1.82) is 0 Å². The molecule has 0 aromatic carbocycles. The molecule has 7 heteroatoms. The highest BCUT2D eigenvalue weighted by molar-refractivity contribution is 6.76. The normalized spacial score (nSPS) is 13.5. The summed E-state index contributed by atoms with van der Waals surface area (Å²) < 4.78 is 7.80. The van der Waals surface area contributed by atoms with Crippen molar-refractivity contribution in [2.75, 3.05) is 11.9 Å². The Balaban J connectivity index is 2.13. The Morgan fingerprint density at radius 3 is 2.74 bits per heavy atom. The molecule has 0 saturated carbocycles. The van der Waals surface area contributed by atoms with Crippen molar-refractivity contribution in [3.63, 3.8) is 0 Å². The largest absolute Gasteiger partial charge is 0.367 e. The lowest BCUT2D eigenvalue weighted by Crippen LogP contribution is -2.22. The molecule has 0 amide bonds. The molecule has 0 aliphatic rings. The molecule has 5 nitrogen and oxygen atoms in total. The van der Waals surface area contributed by atoms with Gasteiger partial charge in [0.05, 0.1) is 5.39 Å². The Morgan fingerprint density at radius 2 is 2.09 bits per heavy atom. The van der Waals surface area contributed by atoms with Crippen molar-refractivity contribution in [2.45, 2.75) is 58.7 Å². The maximum atomic E-state index is 6.09. The van der Waals surface area contributed by atoms with Crippen LogP contribution in [0.4, 0.5) is 5.82 Å². The Bertz CT molecular complexity index is 653. The van der Waals surface area contributed by atoms with Crippen LogP contribution in [0.1, 0.15) is 20.3 Å². The van der Waals surface area contributed by atoms with Gasteiger partial charge in [-0.1, -0.05) is 26.6 Å². The monoisotopic (exact) mass is 354 g/mol. The first kappa shape index (κ1) is 18.2. The van der Waals surface area contributed by atoms with Gasteiger partial charge in [0, 0.05) is 26.9 Å². The molecule has 0 spiro atoms. The molecule has 1 N–H and O–H groups in total. The average Bonchev–Trinajstić information content (AvgIpc) is 2.85. The predicted molar refractivity (Wildman–Crippen MR) is 100 cm³/mol. The van der Waals surface area contributed by atoms with Crippen molar-refractivity contribution >= 4 is 36.5 Å². The van der Waals surface area contributed by atoms with E-state index in [0.717, 1.165) is 35.9 Å². The fourth-order valence-electron chi connectivity index (χ4n) is 2.13. The van der Waals surface area contributed by atoms with Gasteiger partial charge in [0.1, 0.15) is 18.2 Å². The maximum absolute atomic E-state index is 6.09. The van der Waals surface area contributed by atoms with Crippen LogP contribution in [0.3, 0.4) is 0 Å². The van der Waals surface area contributed by atoms with Gasteiger partial charge < -0.3 is 14.6 Å². The van der Waals surface area contributed by atoms with Gasteiger partial charge in [-0.3, -0.25) is 0 Å². The fraction of sp³-hybridized carbons (Fsp3) is 0.625. The SMILES string of the molecule is CC[C@H](C)Nc1nc(Cl)nc2c1ccn2COCC[Si](C)(C)C. The molecule has 2 rings (SSSR count). The quantitative estimate of drug-likeness (QED) is 0.427. The highest BCUT2D eigenvalue weighted by atomic mass is 35.5. The Kier molecular flexibility index (Phi) is 6.05. The molecule has 23 heavy (non-hydrogen) atoms. The second kappa shape index (κ2) is 7.64. The highest BCUT2D eigenvalue weighted by Crippen LogP contribution is 2.24. The van der Waals surface area contributed by atoms with Gasteiger partial charge in [0.2, 0.25) is 5.28 Å². The minimum absolute atomic E-state index is 0.255. The zero-order valence-corrected chi connectivity index (χ0v) is 16.4. The van der Waals surface area contributed by atoms with Gasteiger partial charge >= 0.3 is 0 Å². The molecule has 0 unspecified atom stereocenters. The van der Waals surface area contributed by atoms with Gasteiger partial charge in [-0.15, -0.1) is 0 Å². The van der Waals surface area contributed by atoms with Gasteiger partial charge in [-0.25, -0.2) is 4.98 Å². The summed E-state index contributed by atoms with van der Waals surface area (Å²) in [5, 5.41) is 4.62. The van der Waals surface area contributed by atoms with E-state index in [1.165, 1.54) is 0 Å². The molecule has 0 saturated heterocycles. The van der Waals surface area contributed by atoms with Crippen molar-refractivity contribution in [1.82, 2.24) is 14.5 Å². The molecular formula is C16H27ClN4OSi. The van der Waals surface area contributed by atoms with Crippen molar-refractivity contribution in [2.24, 2.45) is 0 Å². The fourth-order valence-corrected chi connectivity index (χ4v) is 3.05. The molecular weight excluding hydrogens is 328 g/mol. The summed E-state index contributed by atoms with van der Waals surface area (Å²) in [6, 6.07) is 3.50. The first-order chi connectivity index (χ1) is 10.8. The molecule has 2 aromatic heterocycles. The van der Waals surface area contributed by atoms with Crippen LogP contribution >= 0.6 is 11.6 Å². The third-order valence-corrected chi connectivity index (χ3v) is 5.69. The van der Waals surface area contributed by atoms with Gasteiger partial charge in [0.25, 0.3) is 0 Å². The summed E-state index contributed by atoms with van der Waals surface area (Å²) >= 11 is 6.09. The zero-order chi connectivity index (χ0) is 17.0. The summed E-state index contributed by atoms with van der Waals surface area (Å²) in [6.45, 7) is 12.6. The van der Waals surface area contributed by atoms with Gasteiger partial charge in [-0.2, -0.15) is 4.98 Å². The highest BCUT2D eigenvalue weighted by Gasteiger charge is 2.14. The van der Waals surface area contributed by atoms with Gasteiger partial charge in [-0.05, 0) is 37.1 Å². The Hall–Kier alpha value is -1.11. The van der Waals surface area contributed by atoms with Gasteiger partial charge in [0.15, 0.2) is 0 Å². The number of rotatable bonds is 8. The smallest absolute Gasteiger partial charge is 0.226 e. The summed E-state index contributed by atoms with van der Waals surface area (Å²) in [4.78, 5) is 8.69. The molecule has 1 atom stereocenters. The molecule has 2 heterocycles. The number of fused-ring (bicyclic) bond motifs is 1. The number of halogens is 1. The van der Waals surface area contributed by atoms with Crippen molar-refractivity contribution < 1.29 is 4.74 Å². The average molecular weight is 355 g/mol. The first-order valence-corrected chi connectivity index (χ1v) is 12.3. The van der Waals surface area contributed by atoms with Crippen molar-refractivity contribution in [3.05, 3.63) is 17.5 Å². The second-order valence-corrected chi connectivity index (χ2v) is 13.1. The molecule has 0 fully saturated rings. The van der Waals surface area contributed by atoms with Crippen molar-refractivity contribution in [3.8, 4) is 0 Å². The summed E-state index contributed by atoms with van der Waals surface area (Å²) in [6.07, 6.45) is 3.00. The lowest BCUT2D eigenvalue weighted by molar-refractivity contribution is 0.0899. The Labute approximate surface area is 144 Å². The third-order valence-electron chi connectivity index (χ3n) is 3.81. The summed E-state index contributed by atoms with van der Waals surface area (Å²) in [7, 11) is -1.06. The number of nitrogens with one attached hydrogen (secondary N) is 1. The zero-order valence-electron chi connectivity index (χ0n) is 14.7. The maximum Gasteiger partial charge on any atom is 0.226 e. The van der Waals surface area contributed by atoms with Crippen LogP contribution in [0.15, 0.2) is 12.3 Å². The summed E-state index contributed by atoms with van der Waals surface area (Å²) in [5.74, 6) is 0.787. The molecule has 0 bridgehead atoms. The van der Waals surface area contributed by atoms with E-state index in [9.17, 15) is 0 Å². The number of hydrogen-bond acceptors (Lipinski definition) is 4. The van der Waals surface area contributed by atoms with Crippen LogP contribution in [0.2, 0.25) is 31.0 Å². The second-order valence-electron chi connectivity index (χ2n) is 7.17. The number of hydrogen-bond donors (Lipinski definition) is 1. The van der Waals surface area contributed by atoms with Crippen LogP contribution in [-0.4, -0.2) is 35.3 Å². The van der Waals surface area contributed by atoms with E-state index in [1.54, 1.807) is 0 Å². The molecule has 2 aromatic rings. The lowest BCUT2D eigenvalue weighted by atomic mass is 10.2. The molecule has 128 valence electrons. The number of anilines is 1. The molecule has 0 radical (unpaired) electrons. The van der Waals surface area contributed by atoms with E-state index in [2.05, 4.69) is 48.8 Å². The van der Waals surface area contributed by atoms with E-state index >= 15 is 0 Å². The van der Waals surface area contributed by atoms with Crippen LogP contribution < -0.4 is 5.32 Å². The van der Waals surface area contributed by atoms with Crippen LogP contribution in [-0.2, 0) is 11.5 Å². The summed E-state index contributed by atoms with van der Waals surface area (Å²) in [5.41, 5.74) is 0.809.